The average molecular weight is 810 g/mol. The summed E-state index contributed by atoms with van der Waals surface area (Å²) in [6.45, 7) is 3.13. The van der Waals surface area contributed by atoms with Gasteiger partial charge in [0.2, 0.25) is 11.5 Å². The van der Waals surface area contributed by atoms with Crippen molar-refractivity contribution in [3.8, 4) is 68.6 Å². The zero-order valence-electron chi connectivity index (χ0n) is 35.0. The van der Waals surface area contributed by atoms with Gasteiger partial charge in [-0.05, 0) is 73.9 Å². The van der Waals surface area contributed by atoms with E-state index in [1.54, 1.807) is 54.8 Å². The predicted octanol–water partition coefficient (Wildman–Crippen LogP) is 9.80. The fraction of sp³-hybridized carbons (Fsp3) is 0.391. The number of benzene rings is 4. The van der Waals surface area contributed by atoms with Gasteiger partial charge in [-0.15, -0.1) is 0 Å². The molecule has 0 saturated heterocycles. The SMILES string of the molecule is COc1cc(C2NC(=O)c3cc(C)ccc3N2)ccc1OCCCCCCCCCCOc1c(OC)cc(-c2cc(-c3cc(OC)c(OC)c(OC)c3)on2)cc1OC. The van der Waals surface area contributed by atoms with Gasteiger partial charge in [-0.1, -0.05) is 61.4 Å². The second kappa shape index (κ2) is 20.4. The first-order chi connectivity index (χ1) is 28.8. The Bertz CT molecular complexity index is 2130. The highest BCUT2D eigenvalue weighted by atomic mass is 16.5. The smallest absolute Gasteiger partial charge is 0.255 e. The van der Waals surface area contributed by atoms with Gasteiger partial charge in [0.1, 0.15) is 11.9 Å². The summed E-state index contributed by atoms with van der Waals surface area (Å²) in [7, 11) is 9.54. The fourth-order valence-electron chi connectivity index (χ4n) is 7.08. The lowest BCUT2D eigenvalue weighted by molar-refractivity contribution is 0.0935. The number of aromatic nitrogens is 1. The minimum atomic E-state index is -0.357. The molecular formula is C46H55N3O10. The molecule has 1 amide bonds. The van der Waals surface area contributed by atoms with Crippen molar-refractivity contribution in [2.75, 3.05) is 61.2 Å². The molecule has 13 heteroatoms. The van der Waals surface area contributed by atoms with Crippen LogP contribution in [0.4, 0.5) is 5.69 Å². The summed E-state index contributed by atoms with van der Waals surface area (Å²) < 4.78 is 51.5. The van der Waals surface area contributed by atoms with E-state index in [0.29, 0.717) is 76.2 Å². The molecule has 0 spiro atoms. The molecule has 1 atom stereocenters. The molecule has 1 aliphatic rings. The second-order valence-electron chi connectivity index (χ2n) is 14.2. The number of ether oxygens (including phenoxy) is 8. The number of nitrogens with one attached hydrogen (secondary N) is 2. The third-order valence-corrected chi connectivity index (χ3v) is 10.3. The van der Waals surface area contributed by atoms with E-state index < -0.39 is 0 Å². The molecule has 4 aromatic carbocycles. The summed E-state index contributed by atoms with van der Waals surface area (Å²) in [5.74, 6) is 4.93. The van der Waals surface area contributed by atoms with E-state index in [1.807, 2.05) is 61.5 Å². The summed E-state index contributed by atoms with van der Waals surface area (Å²) in [6.07, 6.45) is 8.32. The Hall–Kier alpha value is -6.24. The molecule has 6 rings (SSSR count). The van der Waals surface area contributed by atoms with Gasteiger partial charge in [0, 0.05) is 22.9 Å². The molecule has 0 radical (unpaired) electrons. The summed E-state index contributed by atoms with van der Waals surface area (Å²) in [4.78, 5) is 12.7. The van der Waals surface area contributed by atoms with Gasteiger partial charge in [0.15, 0.2) is 40.3 Å². The van der Waals surface area contributed by atoms with Crippen LogP contribution in [0, 0.1) is 6.92 Å². The normalized spacial score (nSPS) is 13.1. The average Bonchev–Trinajstić information content (AvgIpc) is 3.77. The highest BCUT2D eigenvalue weighted by molar-refractivity contribution is 6.02. The van der Waals surface area contributed by atoms with E-state index in [2.05, 4.69) is 15.8 Å². The van der Waals surface area contributed by atoms with Crippen LogP contribution >= 0.6 is 0 Å². The summed E-state index contributed by atoms with van der Waals surface area (Å²) in [6, 6.07) is 20.8. The van der Waals surface area contributed by atoms with E-state index in [-0.39, 0.29) is 12.1 Å². The van der Waals surface area contributed by atoms with Crippen molar-refractivity contribution >= 4 is 11.6 Å². The van der Waals surface area contributed by atoms with Gasteiger partial charge < -0.3 is 53.1 Å². The molecule has 59 heavy (non-hydrogen) atoms. The molecular weight excluding hydrogens is 755 g/mol. The molecule has 1 aromatic heterocycles. The Kier molecular flexibility index (Phi) is 14.7. The van der Waals surface area contributed by atoms with Crippen molar-refractivity contribution in [2.45, 2.75) is 64.5 Å². The molecule has 1 aliphatic heterocycles. The molecule has 1 unspecified atom stereocenters. The number of hydrogen-bond donors (Lipinski definition) is 2. The van der Waals surface area contributed by atoms with Crippen molar-refractivity contribution in [3.63, 3.8) is 0 Å². The minimum absolute atomic E-state index is 0.0997. The van der Waals surface area contributed by atoms with Crippen LogP contribution in [0.5, 0.6) is 46.0 Å². The van der Waals surface area contributed by atoms with E-state index >= 15 is 0 Å². The van der Waals surface area contributed by atoms with Crippen molar-refractivity contribution in [1.82, 2.24) is 10.5 Å². The highest BCUT2D eigenvalue weighted by Gasteiger charge is 2.26. The fourth-order valence-corrected chi connectivity index (χ4v) is 7.08. The third kappa shape index (κ3) is 10.3. The number of carbonyl (C=O) groups is 1. The number of nitrogens with zero attached hydrogens (tertiary/aromatic N) is 1. The molecule has 2 N–H and O–H groups in total. The molecule has 0 saturated carbocycles. The summed E-state index contributed by atoms with van der Waals surface area (Å²) in [5, 5.41) is 10.8. The van der Waals surface area contributed by atoms with Gasteiger partial charge in [-0.2, -0.15) is 0 Å². The molecule has 0 bridgehead atoms. The van der Waals surface area contributed by atoms with Gasteiger partial charge >= 0.3 is 0 Å². The van der Waals surface area contributed by atoms with Crippen LogP contribution in [-0.2, 0) is 0 Å². The summed E-state index contributed by atoms with van der Waals surface area (Å²) in [5.41, 5.74) is 5.47. The van der Waals surface area contributed by atoms with Crippen LogP contribution in [0.25, 0.3) is 22.6 Å². The predicted molar refractivity (Wildman–Crippen MR) is 226 cm³/mol. The molecule has 5 aromatic rings. The quantitative estimate of drug-likeness (QED) is 0.0643. The lowest BCUT2D eigenvalue weighted by Crippen LogP contribution is -2.38. The number of hydrogen-bond acceptors (Lipinski definition) is 12. The van der Waals surface area contributed by atoms with Crippen LogP contribution < -0.4 is 48.5 Å². The monoisotopic (exact) mass is 809 g/mol. The van der Waals surface area contributed by atoms with Crippen LogP contribution in [0.2, 0.25) is 0 Å². The number of fused-ring (bicyclic) bond motifs is 1. The first-order valence-electron chi connectivity index (χ1n) is 20.0. The third-order valence-electron chi connectivity index (χ3n) is 10.3. The van der Waals surface area contributed by atoms with Gasteiger partial charge in [-0.25, -0.2) is 0 Å². The number of anilines is 1. The maximum absolute atomic E-state index is 12.7. The molecule has 314 valence electrons. The minimum Gasteiger partial charge on any atom is -0.493 e. The van der Waals surface area contributed by atoms with E-state index in [9.17, 15) is 4.79 Å². The van der Waals surface area contributed by atoms with Gasteiger partial charge in [0.05, 0.1) is 61.4 Å². The van der Waals surface area contributed by atoms with Gasteiger partial charge in [0.25, 0.3) is 5.91 Å². The Balaban J connectivity index is 0.894. The van der Waals surface area contributed by atoms with Gasteiger partial charge in [-0.3, -0.25) is 4.79 Å². The Morgan fingerprint density at radius 1 is 0.559 bits per heavy atom. The largest absolute Gasteiger partial charge is 0.493 e. The first kappa shape index (κ1) is 42.4. The summed E-state index contributed by atoms with van der Waals surface area (Å²) >= 11 is 0. The molecule has 2 heterocycles. The number of amides is 1. The van der Waals surface area contributed by atoms with Crippen LogP contribution in [0.3, 0.4) is 0 Å². The topological polar surface area (TPSA) is 141 Å². The van der Waals surface area contributed by atoms with Crippen molar-refractivity contribution < 1.29 is 47.2 Å². The standard InChI is InChI=1S/C46H55N3O10/c1-29-16-18-34-33(22-29)46(50)48-45(47-34)30-17-19-36(38(23-30)51-2)57-20-14-12-10-8-9-11-13-15-21-58-44-41(54-5)24-31(25-42(44)55-6)35-28-37(59-49-35)32-26-39(52-3)43(56-7)40(27-32)53-4/h16-19,22-28,45,47H,8-15,20-21H2,1-7H3,(H,48,50). The van der Waals surface area contributed by atoms with E-state index in [4.69, 9.17) is 42.4 Å². The van der Waals surface area contributed by atoms with Crippen LogP contribution in [-0.4, -0.2) is 66.9 Å². The van der Waals surface area contributed by atoms with E-state index in [0.717, 1.165) is 66.5 Å². The number of aryl methyl sites for hydroxylation is 1. The lowest BCUT2D eigenvalue weighted by Gasteiger charge is -2.28. The zero-order chi connectivity index (χ0) is 41.7. The number of methoxy groups -OCH3 is 6. The molecule has 0 fully saturated rings. The second-order valence-corrected chi connectivity index (χ2v) is 14.2. The van der Waals surface area contributed by atoms with Crippen LogP contribution in [0.1, 0.15) is 79.0 Å². The molecule has 0 aliphatic carbocycles. The number of rotatable bonds is 22. The van der Waals surface area contributed by atoms with E-state index in [1.165, 1.54) is 12.8 Å². The Morgan fingerprint density at radius 3 is 1.75 bits per heavy atom. The number of carbonyl (C=O) groups excluding carboxylic acids is 1. The molecule has 13 nitrogen and oxygen atoms in total. The lowest BCUT2D eigenvalue weighted by atomic mass is 10.0. The number of unbranched alkanes of at least 4 members (excludes halogenated alkanes) is 7. The van der Waals surface area contributed by atoms with Crippen molar-refractivity contribution in [3.05, 3.63) is 83.4 Å². The first-order valence-corrected chi connectivity index (χ1v) is 20.0. The van der Waals surface area contributed by atoms with Crippen LogP contribution in [0.15, 0.2) is 71.3 Å². The maximum Gasteiger partial charge on any atom is 0.255 e. The Labute approximate surface area is 346 Å². The zero-order valence-corrected chi connectivity index (χ0v) is 35.0. The van der Waals surface area contributed by atoms with Crippen molar-refractivity contribution in [2.24, 2.45) is 0 Å². The highest BCUT2D eigenvalue weighted by Crippen LogP contribution is 2.44. The Morgan fingerprint density at radius 2 is 1.14 bits per heavy atom. The maximum atomic E-state index is 12.7. The van der Waals surface area contributed by atoms with Crippen molar-refractivity contribution in [1.29, 1.82) is 0 Å².